The number of carboxylic acid groups (broad SMARTS) is 1. The van der Waals surface area contributed by atoms with Gasteiger partial charge in [-0.05, 0) is 25.5 Å². The molecule has 0 heterocycles. The van der Waals surface area contributed by atoms with Gasteiger partial charge in [-0.15, -0.1) is 0 Å². The number of aliphatic carboxylic acids is 1. The zero-order chi connectivity index (χ0) is 17.2. The van der Waals surface area contributed by atoms with Gasteiger partial charge in [0.2, 0.25) is 0 Å². The van der Waals surface area contributed by atoms with Crippen molar-refractivity contribution in [2.24, 2.45) is 0 Å². The molecule has 1 aromatic rings. The Kier molecular flexibility index (Phi) is 7.39. The number of methoxy groups -OCH3 is 1. The second-order valence-corrected chi connectivity index (χ2v) is 4.63. The molecule has 0 fully saturated rings. The first kappa shape index (κ1) is 18.3. The molecular formula is C17H21NO5. The number of hydrogen-bond acceptors (Lipinski definition) is 4. The zero-order valence-corrected chi connectivity index (χ0v) is 13.2. The number of amides is 1. The molecule has 124 valence electrons. The lowest BCUT2D eigenvalue weighted by molar-refractivity contribution is -0.139. The van der Waals surface area contributed by atoms with Crippen LogP contribution in [0.15, 0.2) is 43.0 Å². The van der Waals surface area contributed by atoms with Crippen molar-refractivity contribution in [2.45, 2.75) is 19.4 Å². The number of allylic oxidation sites excluding steroid dienone is 1. The highest BCUT2D eigenvalue weighted by Gasteiger charge is 2.21. The van der Waals surface area contributed by atoms with Gasteiger partial charge in [0.25, 0.3) is 5.91 Å². The van der Waals surface area contributed by atoms with Gasteiger partial charge in [0.1, 0.15) is 24.1 Å². The van der Waals surface area contributed by atoms with Gasteiger partial charge in [0.15, 0.2) is 0 Å². The summed E-state index contributed by atoms with van der Waals surface area (Å²) in [6, 6.07) is 3.70. The number of rotatable bonds is 9. The van der Waals surface area contributed by atoms with E-state index < -0.39 is 17.9 Å². The van der Waals surface area contributed by atoms with Crippen molar-refractivity contribution in [2.75, 3.05) is 13.7 Å². The van der Waals surface area contributed by atoms with Crippen molar-refractivity contribution in [1.82, 2.24) is 5.32 Å². The quantitative estimate of drug-likeness (QED) is 0.683. The van der Waals surface area contributed by atoms with Crippen molar-refractivity contribution in [3.63, 3.8) is 0 Å². The van der Waals surface area contributed by atoms with E-state index in [2.05, 4.69) is 11.9 Å². The highest BCUT2D eigenvalue weighted by atomic mass is 16.5. The van der Waals surface area contributed by atoms with Crippen molar-refractivity contribution in [3.05, 3.63) is 48.6 Å². The van der Waals surface area contributed by atoms with Gasteiger partial charge >= 0.3 is 5.97 Å². The summed E-state index contributed by atoms with van der Waals surface area (Å²) in [5, 5.41) is 11.7. The van der Waals surface area contributed by atoms with Gasteiger partial charge in [-0.25, -0.2) is 4.79 Å². The van der Waals surface area contributed by atoms with Crippen LogP contribution >= 0.6 is 0 Å². The smallest absolute Gasteiger partial charge is 0.326 e. The van der Waals surface area contributed by atoms with Gasteiger partial charge in [0.05, 0.1) is 12.7 Å². The number of benzene rings is 1. The van der Waals surface area contributed by atoms with E-state index in [0.717, 1.165) is 0 Å². The number of hydrogen-bond donors (Lipinski definition) is 2. The number of ether oxygens (including phenoxy) is 2. The lowest BCUT2D eigenvalue weighted by atomic mass is 10.1. The van der Waals surface area contributed by atoms with E-state index in [-0.39, 0.29) is 18.6 Å². The largest absolute Gasteiger partial charge is 0.497 e. The molecule has 1 aromatic carbocycles. The van der Waals surface area contributed by atoms with E-state index in [4.69, 9.17) is 9.47 Å². The van der Waals surface area contributed by atoms with Gasteiger partial charge in [0, 0.05) is 6.07 Å². The second-order valence-electron chi connectivity index (χ2n) is 4.63. The lowest BCUT2D eigenvalue weighted by Gasteiger charge is -2.15. The van der Waals surface area contributed by atoms with Crippen molar-refractivity contribution >= 4 is 11.9 Å². The summed E-state index contributed by atoms with van der Waals surface area (Å²) in [7, 11) is 1.50. The fraction of sp³-hybridized carbons (Fsp3) is 0.294. The van der Waals surface area contributed by atoms with Crippen LogP contribution in [0.3, 0.4) is 0 Å². The van der Waals surface area contributed by atoms with E-state index in [1.165, 1.54) is 13.2 Å². The van der Waals surface area contributed by atoms with E-state index in [0.29, 0.717) is 11.5 Å². The number of carbonyl (C=O) groups is 2. The van der Waals surface area contributed by atoms with Crippen LogP contribution in [-0.2, 0) is 4.79 Å². The van der Waals surface area contributed by atoms with Crippen LogP contribution < -0.4 is 14.8 Å². The van der Waals surface area contributed by atoms with Crippen LogP contribution in [0.25, 0.3) is 0 Å². The van der Waals surface area contributed by atoms with E-state index in [1.54, 1.807) is 37.3 Å². The Hall–Kier alpha value is -2.76. The Bertz CT molecular complexity index is 595. The van der Waals surface area contributed by atoms with Crippen molar-refractivity contribution in [3.8, 4) is 11.5 Å². The highest BCUT2D eigenvalue weighted by Crippen LogP contribution is 2.25. The van der Waals surface area contributed by atoms with Crippen molar-refractivity contribution < 1.29 is 24.2 Å². The highest BCUT2D eigenvalue weighted by molar-refractivity contribution is 5.99. The molecule has 1 atom stereocenters. The molecule has 1 amide bonds. The molecule has 0 aliphatic carbocycles. The molecule has 0 saturated carbocycles. The summed E-state index contributed by atoms with van der Waals surface area (Å²) in [5.41, 5.74) is 0.236. The first-order valence-corrected chi connectivity index (χ1v) is 7.10. The lowest BCUT2D eigenvalue weighted by Crippen LogP contribution is -2.40. The van der Waals surface area contributed by atoms with Gasteiger partial charge in [-0.2, -0.15) is 0 Å². The Morgan fingerprint density at radius 3 is 2.74 bits per heavy atom. The molecule has 23 heavy (non-hydrogen) atoms. The molecular weight excluding hydrogens is 298 g/mol. The maximum absolute atomic E-state index is 12.4. The molecule has 0 saturated heterocycles. The standard InChI is InChI=1S/C17H21NO5/c1-4-6-7-14(17(20)21)18-16(19)13-9-8-12(22-3)11-15(13)23-10-5-2/h4-6,8-9,11,14H,2,7,10H2,1,3H3,(H,18,19)(H,20,21)/b6-4+. The second kappa shape index (κ2) is 9.30. The molecule has 1 unspecified atom stereocenters. The first-order valence-electron chi connectivity index (χ1n) is 7.10. The Morgan fingerprint density at radius 1 is 1.43 bits per heavy atom. The minimum atomic E-state index is -1.10. The fourth-order valence-corrected chi connectivity index (χ4v) is 1.81. The normalized spacial score (nSPS) is 11.7. The Balaban J connectivity index is 3.00. The van der Waals surface area contributed by atoms with Gasteiger partial charge in [-0.3, -0.25) is 4.79 Å². The minimum absolute atomic E-state index is 0.205. The monoisotopic (exact) mass is 319 g/mol. The van der Waals surface area contributed by atoms with Gasteiger partial charge in [-0.1, -0.05) is 24.8 Å². The predicted molar refractivity (Wildman–Crippen MR) is 87.0 cm³/mol. The van der Waals surface area contributed by atoms with Gasteiger partial charge < -0.3 is 19.9 Å². The van der Waals surface area contributed by atoms with Crippen LogP contribution in [0.5, 0.6) is 11.5 Å². The zero-order valence-electron chi connectivity index (χ0n) is 13.2. The number of carbonyl (C=O) groups excluding carboxylic acids is 1. The fourth-order valence-electron chi connectivity index (χ4n) is 1.81. The summed E-state index contributed by atoms with van der Waals surface area (Å²) in [6.45, 7) is 5.56. The molecule has 2 N–H and O–H groups in total. The number of carboxylic acids is 1. The molecule has 1 rings (SSSR count). The average molecular weight is 319 g/mol. The van der Waals surface area contributed by atoms with Crippen molar-refractivity contribution in [1.29, 1.82) is 0 Å². The van der Waals surface area contributed by atoms with Crippen LogP contribution in [0, 0.1) is 0 Å². The van der Waals surface area contributed by atoms with Crippen LogP contribution in [0.2, 0.25) is 0 Å². The SMILES string of the molecule is C=CCOc1cc(OC)ccc1C(=O)NC(C/C=C/C)C(=O)O. The molecule has 0 aliphatic heterocycles. The Morgan fingerprint density at radius 2 is 2.17 bits per heavy atom. The molecule has 0 aromatic heterocycles. The summed E-state index contributed by atoms with van der Waals surface area (Å²) in [6.07, 6.45) is 5.17. The van der Waals surface area contributed by atoms with Crippen LogP contribution in [0.1, 0.15) is 23.7 Å². The van der Waals surface area contributed by atoms with E-state index in [1.807, 2.05) is 0 Å². The third-order valence-electron chi connectivity index (χ3n) is 3.00. The van der Waals surface area contributed by atoms with E-state index >= 15 is 0 Å². The molecule has 0 bridgehead atoms. The topological polar surface area (TPSA) is 84.9 Å². The molecule has 0 aliphatic rings. The minimum Gasteiger partial charge on any atom is -0.497 e. The Labute approximate surface area is 135 Å². The summed E-state index contributed by atoms with van der Waals surface area (Å²) in [5.74, 6) is -0.789. The predicted octanol–water partition coefficient (Wildman–Crippen LogP) is 2.41. The third-order valence-corrected chi connectivity index (χ3v) is 3.00. The maximum atomic E-state index is 12.4. The van der Waals surface area contributed by atoms with Crippen LogP contribution in [-0.4, -0.2) is 36.7 Å². The third kappa shape index (κ3) is 5.50. The van der Waals surface area contributed by atoms with E-state index in [9.17, 15) is 14.7 Å². The number of nitrogens with one attached hydrogen (secondary N) is 1. The molecule has 6 heteroatoms. The molecule has 0 spiro atoms. The maximum Gasteiger partial charge on any atom is 0.326 e. The molecule has 6 nitrogen and oxygen atoms in total. The average Bonchev–Trinajstić information content (AvgIpc) is 2.55. The summed E-state index contributed by atoms with van der Waals surface area (Å²) in [4.78, 5) is 23.6. The van der Waals surface area contributed by atoms with Crippen LogP contribution in [0.4, 0.5) is 0 Å². The first-order chi connectivity index (χ1) is 11.0. The molecule has 0 radical (unpaired) electrons. The summed E-state index contributed by atoms with van der Waals surface area (Å²) < 4.78 is 10.6. The summed E-state index contributed by atoms with van der Waals surface area (Å²) >= 11 is 0.